The van der Waals surface area contributed by atoms with Gasteiger partial charge in [0.25, 0.3) is 11.5 Å². The molecule has 3 aromatic rings. The first kappa shape index (κ1) is 22.8. The fourth-order valence-corrected chi connectivity index (χ4v) is 4.29. The average molecular weight is 473 g/mol. The van der Waals surface area contributed by atoms with E-state index in [1.165, 1.54) is 4.57 Å². The number of imide groups is 1. The van der Waals surface area contributed by atoms with Crippen molar-refractivity contribution >= 4 is 34.7 Å². The van der Waals surface area contributed by atoms with E-state index < -0.39 is 28.7 Å². The van der Waals surface area contributed by atoms with Crippen molar-refractivity contribution in [3.63, 3.8) is 0 Å². The van der Waals surface area contributed by atoms with Gasteiger partial charge in [0.1, 0.15) is 11.4 Å². The predicted octanol–water partition coefficient (Wildman–Crippen LogP) is 2.33. The second kappa shape index (κ2) is 8.51. The van der Waals surface area contributed by atoms with Gasteiger partial charge in [-0.3, -0.25) is 24.0 Å². The number of carbonyl (C=O) groups excluding carboxylic acids is 2. The molecule has 1 saturated heterocycles. The minimum absolute atomic E-state index is 0.141. The number of hydrogen-bond donors (Lipinski definition) is 2. The van der Waals surface area contributed by atoms with Gasteiger partial charge in [-0.15, -0.1) is 0 Å². The number of fused-ring (bicyclic) bond motifs is 1. The van der Waals surface area contributed by atoms with Crippen molar-refractivity contribution < 1.29 is 9.59 Å². The molecule has 0 aliphatic carbocycles. The molecule has 0 spiro atoms. The van der Waals surface area contributed by atoms with Crippen molar-refractivity contribution in [3.05, 3.63) is 61.5 Å². The second-order valence-electron chi connectivity index (χ2n) is 8.16. The highest BCUT2D eigenvalue weighted by Gasteiger charge is 2.49. The van der Waals surface area contributed by atoms with E-state index in [4.69, 9.17) is 11.6 Å². The molecule has 2 N–H and O–H groups in total. The third-order valence-corrected chi connectivity index (χ3v) is 6.26. The van der Waals surface area contributed by atoms with E-state index in [1.807, 2.05) is 13.8 Å². The zero-order chi connectivity index (χ0) is 23.9. The molecule has 0 radical (unpaired) electrons. The number of nitrogens with one attached hydrogen (secondary N) is 2. The maximum absolute atomic E-state index is 13.3. The topological polar surface area (TPSA) is 122 Å². The average Bonchev–Trinajstić information content (AvgIpc) is 3.25. The van der Waals surface area contributed by atoms with Crippen LogP contribution in [-0.2, 0) is 30.0 Å². The molecule has 2 aromatic heterocycles. The van der Waals surface area contributed by atoms with Crippen molar-refractivity contribution in [2.24, 2.45) is 0 Å². The summed E-state index contributed by atoms with van der Waals surface area (Å²) in [7, 11) is 0. The number of urea groups is 1. The fourth-order valence-electron chi connectivity index (χ4n) is 4.16. The summed E-state index contributed by atoms with van der Waals surface area (Å²) in [6, 6.07) is 6.13. The lowest BCUT2D eigenvalue weighted by Crippen LogP contribution is -2.40. The Balaban J connectivity index is 1.76. The van der Waals surface area contributed by atoms with E-state index in [0.29, 0.717) is 29.5 Å². The number of nitrogens with zero attached hydrogens (tertiary/aromatic N) is 4. The number of aromatic amines is 1. The Kier molecular flexibility index (Phi) is 5.87. The zero-order valence-corrected chi connectivity index (χ0v) is 19.4. The molecule has 174 valence electrons. The highest BCUT2D eigenvalue weighted by atomic mass is 35.5. The van der Waals surface area contributed by atoms with Gasteiger partial charge in [0.15, 0.2) is 11.2 Å². The number of benzene rings is 1. The smallest absolute Gasteiger partial charge is 0.321 e. The van der Waals surface area contributed by atoms with Crippen molar-refractivity contribution in [2.45, 2.75) is 58.8 Å². The number of aromatic nitrogens is 4. The van der Waals surface area contributed by atoms with Crippen LogP contribution in [0.15, 0.2) is 33.9 Å². The molecule has 4 rings (SSSR count). The zero-order valence-electron chi connectivity index (χ0n) is 18.6. The summed E-state index contributed by atoms with van der Waals surface area (Å²) in [5.41, 5.74) is -1.24. The number of aryl methyl sites for hydroxylation is 2. The van der Waals surface area contributed by atoms with Crippen LogP contribution in [-0.4, -0.2) is 35.9 Å². The normalized spacial score (nSPS) is 18.4. The van der Waals surface area contributed by atoms with E-state index in [2.05, 4.69) is 15.3 Å². The van der Waals surface area contributed by atoms with Gasteiger partial charge < -0.3 is 9.88 Å². The van der Waals surface area contributed by atoms with Gasteiger partial charge >= 0.3 is 11.7 Å². The van der Waals surface area contributed by atoms with Crippen molar-refractivity contribution in [1.29, 1.82) is 0 Å². The molecular formula is C22H25ClN6O4. The summed E-state index contributed by atoms with van der Waals surface area (Å²) in [5, 5.41) is 3.27. The molecule has 3 heterocycles. The number of H-pyrrole nitrogens is 1. The quantitative estimate of drug-likeness (QED) is 0.511. The maximum Gasteiger partial charge on any atom is 0.330 e. The van der Waals surface area contributed by atoms with E-state index in [9.17, 15) is 19.2 Å². The Morgan fingerprint density at radius 2 is 1.76 bits per heavy atom. The Labute approximate surface area is 194 Å². The molecule has 1 aromatic carbocycles. The lowest BCUT2D eigenvalue weighted by molar-refractivity contribution is -0.131. The van der Waals surface area contributed by atoms with Gasteiger partial charge in [-0.25, -0.2) is 14.6 Å². The second-order valence-corrected chi connectivity index (χ2v) is 8.60. The van der Waals surface area contributed by atoms with Crippen LogP contribution in [0.5, 0.6) is 0 Å². The van der Waals surface area contributed by atoms with Crippen LogP contribution in [0, 0.1) is 0 Å². The third-order valence-electron chi connectivity index (χ3n) is 6.01. The first-order chi connectivity index (χ1) is 15.7. The number of unbranched alkanes of at least 4 members (excludes halogenated alkanes) is 1. The molecule has 3 amide bonds. The molecule has 0 bridgehead atoms. The SMILES string of the molecule is CCCCn1c(=O)[nH]c(=O)c2c1nc(CN1C(=O)NC(C)(c3ccc(Cl)cc3)C1=O)n2CC. The summed E-state index contributed by atoms with van der Waals surface area (Å²) < 4.78 is 3.06. The molecule has 1 aliphatic rings. The number of imidazole rings is 1. The predicted molar refractivity (Wildman–Crippen MR) is 123 cm³/mol. The van der Waals surface area contributed by atoms with Crippen LogP contribution in [0.3, 0.4) is 0 Å². The Bertz CT molecular complexity index is 1360. The van der Waals surface area contributed by atoms with Gasteiger partial charge in [-0.2, -0.15) is 0 Å². The number of rotatable bonds is 7. The first-order valence-corrected chi connectivity index (χ1v) is 11.2. The molecule has 0 saturated carbocycles. The van der Waals surface area contributed by atoms with Gasteiger partial charge in [-0.05, 0) is 38.0 Å². The number of halogens is 1. The summed E-state index contributed by atoms with van der Waals surface area (Å²) in [5.74, 6) is -0.0977. The van der Waals surface area contributed by atoms with Gasteiger partial charge in [0, 0.05) is 18.1 Å². The largest absolute Gasteiger partial charge is 0.330 e. The monoisotopic (exact) mass is 472 g/mol. The highest BCUT2D eigenvalue weighted by molar-refractivity contribution is 6.30. The summed E-state index contributed by atoms with van der Waals surface area (Å²) in [4.78, 5) is 59.1. The number of amides is 3. The van der Waals surface area contributed by atoms with Crippen molar-refractivity contribution in [1.82, 2.24) is 29.3 Å². The molecule has 1 fully saturated rings. The van der Waals surface area contributed by atoms with Crippen molar-refractivity contribution in [2.75, 3.05) is 0 Å². The lowest BCUT2D eigenvalue weighted by Gasteiger charge is -2.22. The standard InChI is InChI=1S/C22H25ClN6O4/c1-4-6-11-28-17-16(18(30)25-20(28)32)27(5-2)15(24-17)12-29-19(31)22(3,26-21(29)33)13-7-9-14(23)10-8-13/h7-10H,4-6,11-12H2,1-3H3,(H,26,33)(H,25,30,32). The van der Waals surface area contributed by atoms with Crippen LogP contribution in [0.1, 0.15) is 45.0 Å². The van der Waals surface area contributed by atoms with Crippen molar-refractivity contribution in [3.8, 4) is 0 Å². The Hall–Kier alpha value is -3.40. The molecule has 1 unspecified atom stereocenters. The first-order valence-electron chi connectivity index (χ1n) is 10.8. The fraction of sp³-hybridized carbons (Fsp3) is 0.409. The van der Waals surface area contributed by atoms with E-state index in [0.717, 1.165) is 17.7 Å². The molecule has 1 atom stereocenters. The number of carbonyl (C=O) groups is 2. The molecule has 10 nitrogen and oxygen atoms in total. The minimum atomic E-state index is -1.26. The Morgan fingerprint density at radius 3 is 2.39 bits per heavy atom. The summed E-state index contributed by atoms with van der Waals surface area (Å²) in [6.07, 6.45) is 1.60. The van der Waals surface area contributed by atoms with E-state index >= 15 is 0 Å². The van der Waals surface area contributed by atoms with Crippen LogP contribution in [0.2, 0.25) is 5.02 Å². The van der Waals surface area contributed by atoms with Crippen LogP contribution < -0.4 is 16.6 Å². The lowest BCUT2D eigenvalue weighted by atomic mass is 9.92. The minimum Gasteiger partial charge on any atom is -0.321 e. The number of hydrogen-bond acceptors (Lipinski definition) is 5. The van der Waals surface area contributed by atoms with Gasteiger partial charge in [0.2, 0.25) is 0 Å². The van der Waals surface area contributed by atoms with Crippen LogP contribution in [0.25, 0.3) is 11.2 Å². The molecule has 11 heteroatoms. The third kappa shape index (κ3) is 3.74. The molecule has 1 aliphatic heterocycles. The van der Waals surface area contributed by atoms with E-state index in [1.54, 1.807) is 35.8 Å². The van der Waals surface area contributed by atoms with Crippen LogP contribution >= 0.6 is 11.6 Å². The summed E-state index contributed by atoms with van der Waals surface area (Å²) in [6.45, 7) is 6.10. The van der Waals surface area contributed by atoms with E-state index in [-0.39, 0.29) is 17.7 Å². The van der Waals surface area contributed by atoms with Crippen LogP contribution in [0.4, 0.5) is 4.79 Å². The maximum atomic E-state index is 13.3. The highest BCUT2D eigenvalue weighted by Crippen LogP contribution is 2.30. The molecule has 33 heavy (non-hydrogen) atoms. The summed E-state index contributed by atoms with van der Waals surface area (Å²) >= 11 is 5.96. The van der Waals surface area contributed by atoms with Gasteiger partial charge in [0.05, 0.1) is 6.54 Å². The van der Waals surface area contributed by atoms with Gasteiger partial charge in [-0.1, -0.05) is 37.1 Å². The Morgan fingerprint density at radius 1 is 1.06 bits per heavy atom. The molecular weight excluding hydrogens is 448 g/mol.